The molecule has 0 bridgehead atoms. The van der Waals surface area contributed by atoms with E-state index in [9.17, 15) is 4.79 Å². The molecule has 0 aliphatic heterocycles. The molecular weight excluding hydrogens is 388 g/mol. The first-order valence-corrected chi connectivity index (χ1v) is 9.38. The highest BCUT2D eigenvalue weighted by molar-refractivity contribution is 6.30. The third kappa shape index (κ3) is 5.83. The van der Waals surface area contributed by atoms with Gasteiger partial charge in [-0.25, -0.2) is 5.43 Å². The van der Waals surface area contributed by atoms with Gasteiger partial charge < -0.3 is 9.47 Å². The second kappa shape index (κ2) is 9.75. The highest BCUT2D eigenvalue weighted by Gasteiger charge is 2.07. The van der Waals surface area contributed by atoms with Crippen molar-refractivity contribution < 1.29 is 14.3 Å². The maximum atomic E-state index is 12.1. The van der Waals surface area contributed by atoms with Crippen molar-refractivity contribution in [3.63, 3.8) is 0 Å². The Hall–Kier alpha value is -3.31. The largest absolute Gasteiger partial charge is 0.493 e. The van der Waals surface area contributed by atoms with Gasteiger partial charge in [0.1, 0.15) is 6.61 Å². The third-order valence-corrected chi connectivity index (χ3v) is 4.41. The Balaban J connectivity index is 1.62. The summed E-state index contributed by atoms with van der Waals surface area (Å²) in [4.78, 5) is 12.1. The van der Waals surface area contributed by atoms with Crippen LogP contribution in [0.2, 0.25) is 5.02 Å². The molecule has 0 aliphatic rings. The lowest BCUT2D eigenvalue weighted by atomic mass is 10.1. The summed E-state index contributed by atoms with van der Waals surface area (Å²) >= 11 is 5.90. The Kier molecular flexibility index (Phi) is 6.87. The van der Waals surface area contributed by atoms with Gasteiger partial charge in [0.25, 0.3) is 5.91 Å². The molecule has 0 spiro atoms. The number of aryl methyl sites for hydroxylation is 1. The van der Waals surface area contributed by atoms with Gasteiger partial charge in [-0.2, -0.15) is 5.10 Å². The van der Waals surface area contributed by atoms with Crippen LogP contribution in [0.25, 0.3) is 0 Å². The van der Waals surface area contributed by atoms with Crippen molar-refractivity contribution in [2.45, 2.75) is 13.5 Å². The van der Waals surface area contributed by atoms with E-state index in [1.165, 1.54) is 0 Å². The minimum Gasteiger partial charge on any atom is -0.493 e. The van der Waals surface area contributed by atoms with Gasteiger partial charge in [0.05, 0.1) is 13.3 Å². The normalized spacial score (nSPS) is 10.7. The van der Waals surface area contributed by atoms with Crippen molar-refractivity contribution in [3.8, 4) is 11.5 Å². The van der Waals surface area contributed by atoms with Crippen molar-refractivity contribution in [1.82, 2.24) is 5.43 Å². The molecule has 3 aromatic carbocycles. The molecule has 0 heterocycles. The fourth-order valence-corrected chi connectivity index (χ4v) is 2.77. The lowest BCUT2D eigenvalue weighted by Crippen LogP contribution is -2.17. The maximum absolute atomic E-state index is 12.1. The Morgan fingerprint density at radius 1 is 1.07 bits per heavy atom. The molecular formula is C23H21ClN2O3. The average molecular weight is 409 g/mol. The van der Waals surface area contributed by atoms with Crippen molar-refractivity contribution in [1.29, 1.82) is 0 Å². The Morgan fingerprint density at radius 3 is 2.59 bits per heavy atom. The lowest BCUT2D eigenvalue weighted by Gasteiger charge is -2.11. The van der Waals surface area contributed by atoms with Crippen molar-refractivity contribution >= 4 is 23.7 Å². The van der Waals surface area contributed by atoms with Gasteiger partial charge >= 0.3 is 0 Å². The summed E-state index contributed by atoms with van der Waals surface area (Å²) in [6.07, 6.45) is 1.55. The molecule has 148 valence electrons. The zero-order chi connectivity index (χ0) is 20.6. The third-order valence-electron chi connectivity index (χ3n) is 4.16. The van der Waals surface area contributed by atoms with Crippen LogP contribution in [0, 0.1) is 6.92 Å². The van der Waals surface area contributed by atoms with Gasteiger partial charge in [-0.15, -0.1) is 0 Å². The van der Waals surface area contributed by atoms with Crippen LogP contribution in [-0.2, 0) is 6.61 Å². The van der Waals surface area contributed by atoms with Crippen molar-refractivity contribution in [3.05, 3.63) is 94.0 Å². The molecule has 1 N–H and O–H groups in total. The predicted molar refractivity (Wildman–Crippen MR) is 115 cm³/mol. The number of carbonyl (C=O) groups excluding carboxylic acids is 1. The summed E-state index contributed by atoms with van der Waals surface area (Å²) < 4.78 is 11.2. The monoisotopic (exact) mass is 408 g/mol. The smallest absolute Gasteiger partial charge is 0.271 e. The first kappa shape index (κ1) is 20.4. The van der Waals surface area contributed by atoms with Crippen LogP contribution in [0.15, 0.2) is 71.8 Å². The Labute approximate surface area is 174 Å². The summed E-state index contributed by atoms with van der Waals surface area (Å²) in [6.45, 7) is 2.33. The minimum atomic E-state index is -0.264. The second-order valence-corrected chi connectivity index (χ2v) is 6.83. The first-order chi connectivity index (χ1) is 14.0. The van der Waals surface area contributed by atoms with E-state index in [2.05, 4.69) is 10.5 Å². The number of ether oxygens (including phenoxy) is 2. The number of halogens is 1. The number of rotatable bonds is 7. The molecule has 5 nitrogen and oxygen atoms in total. The summed E-state index contributed by atoms with van der Waals surface area (Å²) in [5.74, 6) is 0.927. The van der Waals surface area contributed by atoms with Crippen LogP contribution in [0.3, 0.4) is 0 Å². The van der Waals surface area contributed by atoms with E-state index in [1.807, 2.05) is 49.4 Å². The van der Waals surface area contributed by atoms with Crippen molar-refractivity contribution in [2.24, 2.45) is 5.10 Å². The van der Waals surface area contributed by atoms with Gasteiger partial charge in [-0.1, -0.05) is 41.4 Å². The summed E-state index contributed by atoms with van der Waals surface area (Å²) in [5.41, 5.74) is 5.87. The van der Waals surface area contributed by atoms with E-state index >= 15 is 0 Å². The molecule has 0 atom stereocenters. The van der Waals surface area contributed by atoms with Crippen molar-refractivity contribution in [2.75, 3.05) is 7.11 Å². The van der Waals surface area contributed by atoms with Crippen LogP contribution in [0.5, 0.6) is 11.5 Å². The number of hydrogen-bond donors (Lipinski definition) is 1. The number of hydrazone groups is 1. The van der Waals surface area contributed by atoms with Gasteiger partial charge in [0, 0.05) is 10.6 Å². The zero-order valence-electron chi connectivity index (χ0n) is 16.2. The van der Waals surface area contributed by atoms with Crippen LogP contribution in [0.4, 0.5) is 0 Å². The maximum Gasteiger partial charge on any atom is 0.271 e. The molecule has 0 aliphatic carbocycles. The fraction of sp³-hybridized carbons (Fsp3) is 0.130. The van der Waals surface area contributed by atoms with Gasteiger partial charge in [0.2, 0.25) is 0 Å². The summed E-state index contributed by atoms with van der Waals surface area (Å²) in [6, 6.07) is 20.2. The highest BCUT2D eigenvalue weighted by Crippen LogP contribution is 2.28. The molecule has 0 fully saturated rings. The molecule has 0 unspecified atom stereocenters. The van der Waals surface area contributed by atoms with Crippen LogP contribution in [-0.4, -0.2) is 19.2 Å². The molecule has 3 aromatic rings. The molecule has 0 saturated heterocycles. The number of amides is 1. The summed E-state index contributed by atoms with van der Waals surface area (Å²) in [5, 5.41) is 4.71. The number of nitrogens with one attached hydrogen (secondary N) is 1. The van der Waals surface area contributed by atoms with E-state index in [4.69, 9.17) is 21.1 Å². The lowest BCUT2D eigenvalue weighted by molar-refractivity contribution is 0.0955. The SMILES string of the molecule is COc1cc(/C=N/NC(=O)c2cccc(C)c2)ccc1OCc1ccc(Cl)cc1. The van der Waals surface area contributed by atoms with Crippen LogP contribution >= 0.6 is 11.6 Å². The highest BCUT2D eigenvalue weighted by atomic mass is 35.5. The predicted octanol–water partition coefficient (Wildman–Crippen LogP) is 5.00. The standard InChI is InChI=1S/C23H21ClN2O3/c1-16-4-3-5-19(12-16)23(27)26-25-14-18-8-11-21(22(13-18)28-2)29-15-17-6-9-20(24)10-7-17/h3-14H,15H2,1-2H3,(H,26,27)/b25-14+. The molecule has 1 amide bonds. The average Bonchev–Trinajstić information content (AvgIpc) is 2.73. The summed E-state index contributed by atoms with van der Waals surface area (Å²) in [7, 11) is 1.57. The molecule has 0 saturated carbocycles. The Bertz CT molecular complexity index is 1020. The number of hydrogen-bond acceptors (Lipinski definition) is 4. The van der Waals surface area contributed by atoms with Crippen LogP contribution in [0.1, 0.15) is 27.0 Å². The zero-order valence-corrected chi connectivity index (χ0v) is 16.9. The second-order valence-electron chi connectivity index (χ2n) is 6.39. The Morgan fingerprint density at radius 2 is 1.86 bits per heavy atom. The van der Waals surface area contributed by atoms with E-state index in [-0.39, 0.29) is 5.91 Å². The van der Waals surface area contributed by atoms with E-state index < -0.39 is 0 Å². The first-order valence-electron chi connectivity index (χ1n) is 9.00. The van der Waals surface area contributed by atoms with E-state index in [1.54, 1.807) is 37.6 Å². The van der Waals surface area contributed by atoms with Gasteiger partial charge in [-0.3, -0.25) is 4.79 Å². The number of benzene rings is 3. The molecule has 29 heavy (non-hydrogen) atoms. The minimum absolute atomic E-state index is 0.264. The molecule has 0 radical (unpaired) electrons. The topological polar surface area (TPSA) is 59.9 Å². The van der Waals surface area contributed by atoms with E-state index in [0.717, 1.165) is 16.7 Å². The molecule has 6 heteroatoms. The quantitative estimate of drug-likeness (QED) is 0.442. The van der Waals surface area contributed by atoms with E-state index in [0.29, 0.717) is 28.7 Å². The fourth-order valence-electron chi connectivity index (χ4n) is 2.64. The number of carbonyl (C=O) groups is 1. The van der Waals surface area contributed by atoms with Crippen LogP contribution < -0.4 is 14.9 Å². The number of methoxy groups -OCH3 is 1. The molecule has 3 rings (SSSR count). The van der Waals surface area contributed by atoms with Gasteiger partial charge in [-0.05, 0) is 60.5 Å². The number of nitrogens with zero attached hydrogens (tertiary/aromatic N) is 1. The van der Waals surface area contributed by atoms with Gasteiger partial charge in [0.15, 0.2) is 11.5 Å². The molecule has 0 aromatic heterocycles.